The van der Waals surface area contributed by atoms with E-state index in [1.54, 1.807) is 12.1 Å². The molecule has 0 heterocycles. The standard InChI is InChI=1S/C46H24F6/c47-39-21-33(22-40(48)45(39)51)29-14-16-36-37(19-29)43(31-11-9-25-5-1-3-7-27(25)17-31)35-15-13-30(34-23-41(49)46(52)42(50)24-34)20-38(35)44(36)32-12-10-26-6-2-4-8-28(26)18-32/h1-24H. The lowest BCUT2D eigenvalue weighted by atomic mass is 9.83. The van der Waals surface area contributed by atoms with Crippen LogP contribution in [0.5, 0.6) is 0 Å². The Bertz CT molecular complexity index is 2680. The lowest BCUT2D eigenvalue weighted by molar-refractivity contribution is 0.447. The monoisotopic (exact) mass is 690 g/mol. The molecule has 0 saturated heterocycles. The van der Waals surface area contributed by atoms with E-state index < -0.39 is 34.9 Å². The summed E-state index contributed by atoms with van der Waals surface area (Å²) < 4.78 is 86.1. The Kier molecular flexibility index (Phi) is 7.37. The summed E-state index contributed by atoms with van der Waals surface area (Å²) in [6, 6.07) is 42.9. The predicted octanol–water partition coefficient (Wildman–Crippen LogP) is 13.8. The lowest BCUT2D eigenvalue weighted by Crippen LogP contribution is -1.95. The first-order chi connectivity index (χ1) is 25.2. The van der Waals surface area contributed by atoms with Crippen molar-refractivity contribution < 1.29 is 26.3 Å². The second kappa shape index (κ2) is 12.1. The van der Waals surface area contributed by atoms with Gasteiger partial charge in [-0.05, 0) is 136 Å². The van der Waals surface area contributed by atoms with Crippen molar-refractivity contribution >= 4 is 43.1 Å². The van der Waals surface area contributed by atoms with Gasteiger partial charge in [-0.3, -0.25) is 0 Å². The van der Waals surface area contributed by atoms with E-state index in [1.807, 2.05) is 97.1 Å². The van der Waals surface area contributed by atoms with Crippen LogP contribution in [-0.4, -0.2) is 0 Å². The molecule has 250 valence electrons. The van der Waals surface area contributed by atoms with Crippen LogP contribution in [0.15, 0.2) is 146 Å². The molecule has 0 saturated carbocycles. The number of hydrogen-bond acceptors (Lipinski definition) is 0. The van der Waals surface area contributed by atoms with E-state index in [2.05, 4.69) is 12.1 Å². The first-order valence-corrected chi connectivity index (χ1v) is 16.6. The van der Waals surface area contributed by atoms with Crippen LogP contribution in [0.3, 0.4) is 0 Å². The Labute approximate surface area is 293 Å². The maximum absolute atomic E-state index is 14.5. The highest BCUT2D eigenvalue weighted by molar-refractivity contribution is 6.23. The van der Waals surface area contributed by atoms with Crippen LogP contribution in [0.25, 0.3) is 87.6 Å². The van der Waals surface area contributed by atoms with Crippen molar-refractivity contribution in [2.75, 3.05) is 0 Å². The third-order valence-corrected chi connectivity index (χ3v) is 9.83. The van der Waals surface area contributed by atoms with E-state index in [-0.39, 0.29) is 11.1 Å². The molecule has 0 fully saturated rings. The molecule has 0 bridgehead atoms. The van der Waals surface area contributed by atoms with E-state index in [1.165, 1.54) is 0 Å². The molecule has 0 aromatic heterocycles. The van der Waals surface area contributed by atoms with Crippen molar-refractivity contribution in [2.24, 2.45) is 0 Å². The third-order valence-electron chi connectivity index (χ3n) is 9.83. The smallest absolute Gasteiger partial charge is 0.194 e. The van der Waals surface area contributed by atoms with Gasteiger partial charge in [0.25, 0.3) is 0 Å². The Morgan fingerprint density at radius 3 is 0.981 bits per heavy atom. The fourth-order valence-corrected chi connectivity index (χ4v) is 7.34. The lowest BCUT2D eigenvalue weighted by Gasteiger charge is -2.20. The molecule has 0 atom stereocenters. The summed E-state index contributed by atoms with van der Waals surface area (Å²) in [7, 11) is 0. The summed E-state index contributed by atoms with van der Waals surface area (Å²) in [5.74, 6) is -8.24. The van der Waals surface area contributed by atoms with Gasteiger partial charge in [-0.15, -0.1) is 0 Å². The molecule has 9 aromatic carbocycles. The topological polar surface area (TPSA) is 0 Å². The number of halogens is 6. The number of rotatable bonds is 4. The molecule has 0 aliphatic heterocycles. The van der Waals surface area contributed by atoms with E-state index in [0.717, 1.165) is 89.6 Å². The van der Waals surface area contributed by atoms with E-state index in [0.29, 0.717) is 11.1 Å². The average Bonchev–Trinajstić information content (AvgIpc) is 3.16. The van der Waals surface area contributed by atoms with Crippen LogP contribution in [0.2, 0.25) is 0 Å². The second-order valence-corrected chi connectivity index (χ2v) is 12.9. The summed E-state index contributed by atoms with van der Waals surface area (Å²) in [5, 5.41) is 7.18. The van der Waals surface area contributed by atoms with Crippen LogP contribution in [0.1, 0.15) is 0 Å². The molecule has 0 radical (unpaired) electrons. The highest BCUT2D eigenvalue weighted by Gasteiger charge is 2.21. The van der Waals surface area contributed by atoms with Crippen molar-refractivity contribution in [3.63, 3.8) is 0 Å². The molecule has 0 amide bonds. The molecule has 0 aliphatic rings. The molecular weight excluding hydrogens is 666 g/mol. The van der Waals surface area contributed by atoms with E-state index in [4.69, 9.17) is 0 Å². The largest absolute Gasteiger partial charge is 0.204 e. The summed E-state index contributed by atoms with van der Waals surface area (Å²) in [4.78, 5) is 0. The van der Waals surface area contributed by atoms with Gasteiger partial charge in [0, 0.05) is 0 Å². The molecule has 6 heteroatoms. The summed E-state index contributed by atoms with van der Waals surface area (Å²) >= 11 is 0. The number of fused-ring (bicyclic) bond motifs is 4. The Hall–Kier alpha value is -6.40. The normalized spacial score (nSPS) is 11.7. The van der Waals surface area contributed by atoms with Crippen LogP contribution in [0.4, 0.5) is 26.3 Å². The number of hydrogen-bond donors (Lipinski definition) is 0. The molecular formula is C46H24F6. The molecule has 52 heavy (non-hydrogen) atoms. The minimum absolute atomic E-state index is 0.172. The minimum Gasteiger partial charge on any atom is -0.204 e. The fourth-order valence-electron chi connectivity index (χ4n) is 7.34. The zero-order chi connectivity index (χ0) is 35.7. The highest BCUT2D eigenvalue weighted by atomic mass is 19.2. The molecule has 0 aliphatic carbocycles. The van der Waals surface area contributed by atoms with Crippen LogP contribution in [0, 0.1) is 34.9 Å². The van der Waals surface area contributed by atoms with Gasteiger partial charge in [-0.1, -0.05) is 97.1 Å². The Morgan fingerprint density at radius 1 is 0.250 bits per heavy atom. The zero-order valence-corrected chi connectivity index (χ0v) is 27.1. The minimum atomic E-state index is -1.54. The van der Waals surface area contributed by atoms with E-state index in [9.17, 15) is 26.3 Å². The molecule has 0 unspecified atom stereocenters. The predicted molar refractivity (Wildman–Crippen MR) is 198 cm³/mol. The molecule has 0 spiro atoms. The Balaban J connectivity index is 1.43. The van der Waals surface area contributed by atoms with Gasteiger partial charge >= 0.3 is 0 Å². The number of benzene rings is 9. The van der Waals surface area contributed by atoms with Gasteiger partial charge in [0.15, 0.2) is 34.9 Å². The van der Waals surface area contributed by atoms with Crippen molar-refractivity contribution in [1.82, 2.24) is 0 Å². The molecule has 0 N–H and O–H groups in total. The zero-order valence-electron chi connectivity index (χ0n) is 27.1. The first kappa shape index (κ1) is 31.6. The van der Waals surface area contributed by atoms with Crippen molar-refractivity contribution in [2.45, 2.75) is 0 Å². The van der Waals surface area contributed by atoms with Crippen molar-refractivity contribution in [3.8, 4) is 44.5 Å². The summed E-state index contributed by atoms with van der Waals surface area (Å²) in [5.41, 5.74) is 4.64. The maximum atomic E-state index is 14.5. The van der Waals surface area contributed by atoms with Crippen LogP contribution < -0.4 is 0 Å². The molecule has 9 rings (SSSR count). The third kappa shape index (κ3) is 5.18. The maximum Gasteiger partial charge on any atom is 0.194 e. The van der Waals surface area contributed by atoms with Gasteiger partial charge < -0.3 is 0 Å². The Morgan fingerprint density at radius 2 is 0.596 bits per heavy atom. The van der Waals surface area contributed by atoms with Crippen LogP contribution >= 0.6 is 0 Å². The second-order valence-electron chi connectivity index (χ2n) is 12.9. The van der Waals surface area contributed by atoms with Crippen molar-refractivity contribution in [3.05, 3.63) is 180 Å². The first-order valence-electron chi connectivity index (χ1n) is 16.6. The van der Waals surface area contributed by atoms with E-state index >= 15 is 0 Å². The summed E-state index contributed by atoms with van der Waals surface area (Å²) in [6.45, 7) is 0. The van der Waals surface area contributed by atoms with Gasteiger partial charge in [0.05, 0.1) is 0 Å². The van der Waals surface area contributed by atoms with Gasteiger partial charge in [-0.25, -0.2) is 26.3 Å². The summed E-state index contributed by atoms with van der Waals surface area (Å²) in [6.07, 6.45) is 0. The quantitative estimate of drug-likeness (QED) is 0.0980. The van der Waals surface area contributed by atoms with Gasteiger partial charge in [0.1, 0.15) is 0 Å². The molecule has 9 aromatic rings. The highest BCUT2D eigenvalue weighted by Crippen LogP contribution is 2.47. The molecule has 0 nitrogen and oxygen atoms in total. The average molecular weight is 691 g/mol. The van der Waals surface area contributed by atoms with Crippen LogP contribution in [-0.2, 0) is 0 Å². The SMILES string of the molecule is Fc1cc(-c2ccc3c(-c4ccc5ccccc5c4)c4cc(-c5cc(F)c(F)c(F)c5)ccc4c(-c4ccc5ccccc5c4)c3c2)cc(F)c1F. The van der Waals surface area contributed by atoms with Crippen molar-refractivity contribution in [1.29, 1.82) is 0 Å². The fraction of sp³-hybridized carbons (Fsp3) is 0. The van der Waals surface area contributed by atoms with Gasteiger partial charge in [-0.2, -0.15) is 0 Å². The van der Waals surface area contributed by atoms with Gasteiger partial charge in [0.2, 0.25) is 0 Å².